The Morgan fingerprint density at radius 3 is 3.14 bits per heavy atom. The number of nitrogens with one attached hydrogen (secondary N) is 1. The first-order chi connectivity index (χ1) is 6.74. The second-order valence-corrected chi connectivity index (χ2v) is 3.41. The van der Waals surface area contributed by atoms with E-state index >= 15 is 0 Å². The molecule has 5 nitrogen and oxygen atoms in total. The minimum Gasteiger partial charge on any atom is -0.380 e. The third-order valence-corrected chi connectivity index (χ3v) is 2.16. The zero-order valence-corrected chi connectivity index (χ0v) is 8.76. The molecule has 3 N–H and O–H groups in total. The molecule has 0 radical (unpaired) electrons. The lowest BCUT2D eigenvalue weighted by Gasteiger charge is -2.02. The largest absolute Gasteiger partial charge is 0.380 e. The van der Waals surface area contributed by atoms with E-state index < -0.39 is 0 Å². The van der Waals surface area contributed by atoms with Crippen LogP contribution in [0, 0.1) is 0 Å². The quantitative estimate of drug-likeness (QED) is 0.701. The third kappa shape index (κ3) is 3.31. The first-order valence-electron chi connectivity index (χ1n) is 4.31. The predicted molar refractivity (Wildman–Crippen MR) is 55.4 cm³/mol. The maximum absolute atomic E-state index is 11.3. The molecule has 1 rings (SSSR count). The smallest absolute Gasteiger partial charge is 0.270 e. The standard InChI is InChI=1S/C8H13N3O2S/c1-2-13-4-3-10-7(12)6-5-14-8(9)11-6/h5H,2-4H2,1H3,(H2,9,11)(H,10,12). The van der Waals surface area contributed by atoms with Gasteiger partial charge in [0.05, 0.1) is 6.61 Å². The number of amides is 1. The molecule has 1 amide bonds. The number of aromatic nitrogens is 1. The SMILES string of the molecule is CCOCCNC(=O)c1csc(N)n1. The number of hydrogen-bond donors (Lipinski definition) is 2. The second kappa shape index (κ2) is 5.56. The number of rotatable bonds is 5. The molecular formula is C8H13N3O2S. The Hall–Kier alpha value is -1.14. The second-order valence-electron chi connectivity index (χ2n) is 2.52. The summed E-state index contributed by atoms with van der Waals surface area (Å²) in [6.07, 6.45) is 0. The fourth-order valence-electron chi connectivity index (χ4n) is 0.864. The summed E-state index contributed by atoms with van der Waals surface area (Å²) >= 11 is 1.25. The molecule has 0 saturated carbocycles. The van der Waals surface area contributed by atoms with Gasteiger partial charge in [0.2, 0.25) is 0 Å². The van der Waals surface area contributed by atoms with E-state index in [9.17, 15) is 4.79 Å². The van der Waals surface area contributed by atoms with E-state index in [1.165, 1.54) is 11.3 Å². The van der Waals surface area contributed by atoms with E-state index in [0.717, 1.165) is 0 Å². The fourth-order valence-corrected chi connectivity index (χ4v) is 1.41. The van der Waals surface area contributed by atoms with Gasteiger partial charge in [-0.1, -0.05) is 0 Å². The average Bonchev–Trinajstić information content (AvgIpc) is 2.59. The van der Waals surface area contributed by atoms with Gasteiger partial charge in [0.25, 0.3) is 5.91 Å². The minimum absolute atomic E-state index is 0.211. The number of carbonyl (C=O) groups excluding carboxylic acids is 1. The Morgan fingerprint density at radius 1 is 1.79 bits per heavy atom. The summed E-state index contributed by atoms with van der Waals surface area (Å²) in [4.78, 5) is 15.2. The van der Waals surface area contributed by atoms with Crippen molar-refractivity contribution in [1.82, 2.24) is 10.3 Å². The molecule has 0 atom stereocenters. The van der Waals surface area contributed by atoms with Crippen LogP contribution in [0.25, 0.3) is 0 Å². The lowest BCUT2D eigenvalue weighted by molar-refractivity contribution is 0.0918. The van der Waals surface area contributed by atoms with Crippen molar-refractivity contribution in [3.8, 4) is 0 Å². The summed E-state index contributed by atoms with van der Waals surface area (Å²) in [7, 11) is 0. The van der Waals surface area contributed by atoms with Gasteiger partial charge in [-0.3, -0.25) is 4.79 Å². The maximum Gasteiger partial charge on any atom is 0.270 e. The van der Waals surface area contributed by atoms with E-state index in [2.05, 4.69) is 10.3 Å². The number of thiazole rings is 1. The van der Waals surface area contributed by atoms with Crippen molar-refractivity contribution in [2.45, 2.75) is 6.92 Å². The van der Waals surface area contributed by atoms with Crippen LogP contribution in [0.2, 0.25) is 0 Å². The summed E-state index contributed by atoms with van der Waals surface area (Å²) in [5.74, 6) is -0.211. The van der Waals surface area contributed by atoms with Crippen LogP contribution in [-0.2, 0) is 4.74 Å². The molecule has 14 heavy (non-hydrogen) atoms. The van der Waals surface area contributed by atoms with Crippen LogP contribution in [0.5, 0.6) is 0 Å². The van der Waals surface area contributed by atoms with Crippen LogP contribution in [-0.4, -0.2) is 30.6 Å². The van der Waals surface area contributed by atoms with Crippen molar-refractivity contribution in [2.75, 3.05) is 25.5 Å². The van der Waals surface area contributed by atoms with Crippen LogP contribution in [0.1, 0.15) is 17.4 Å². The number of hydrogen-bond acceptors (Lipinski definition) is 5. The third-order valence-electron chi connectivity index (χ3n) is 1.49. The van der Waals surface area contributed by atoms with Crippen LogP contribution in [0.3, 0.4) is 0 Å². The summed E-state index contributed by atoms with van der Waals surface area (Å²) < 4.78 is 5.07. The number of ether oxygens (including phenoxy) is 1. The highest BCUT2D eigenvalue weighted by Crippen LogP contribution is 2.10. The number of anilines is 1. The number of carbonyl (C=O) groups is 1. The monoisotopic (exact) mass is 215 g/mol. The highest BCUT2D eigenvalue weighted by molar-refractivity contribution is 7.13. The van der Waals surface area contributed by atoms with Gasteiger partial charge in [0, 0.05) is 18.5 Å². The Bertz CT molecular complexity index is 301. The van der Waals surface area contributed by atoms with Gasteiger partial charge in [-0.25, -0.2) is 4.98 Å². The molecular weight excluding hydrogens is 202 g/mol. The molecule has 0 unspecified atom stereocenters. The average molecular weight is 215 g/mol. The van der Waals surface area contributed by atoms with Gasteiger partial charge < -0.3 is 15.8 Å². The Labute approximate surface area is 86.3 Å². The van der Waals surface area contributed by atoms with Gasteiger partial charge >= 0.3 is 0 Å². The first kappa shape index (κ1) is 10.9. The summed E-state index contributed by atoms with van der Waals surface area (Å²) in [6.45, 7) is 3.56. The molecule has 0 aliphatic carbocycles. The zero-order chi connectivity index (χ0) is 10.4. The molecule has 0 aliphatic rings. The van der Waals surface area contributed by atoms with Crippen molar-refractivity contribution in [1.29, 1.82) is 0 Å². The number of nitrogens with zero attached hydrogens (tertiary/aromatic N) is 1. The van der Waals surface area contributed by atoms with Crippen LogP contribution < -0.4 is 11.1 Å². The molecule has 0 spiro atoms. The van der Waals surface area contributed by atoms with E-state index in [0.29, 0.717) is 30.6 Å². The molecule has 78 valence electrons. The fraction of sp³-hybridized carbons (Fsp3) is 0.500. The predicted octanol–water partition coefficient (Wildman–Crippen LogP) is 0.492. The summed E-state index contributed by atoms with van der Waals surface area (Å²) in [5, 5.41) is 4.70. The van der Waals surface area contributed by atoms with E-state index in [-0.39, 0.29) is 5.91 Å². The molecule has 1 aromatic heterocycles. The highest BCUT2D eigenvalue weighted by atomic mass is 32.1. The Balaban J connectivity index is 2.29. The van der Waals surface area contributed by atoms with E-state index in [1.54, 1.807) is 5.38 Å². The highest BCUT2D eigenvalue weighted by Gasteiger charge is 2.07. The van der Waals surface area contributed by atoms with Crippen LogP contribution in [0.4, 0.5) is 5.13 Å². The van der Waals surface area contributed by atoms with Gasteiger partial charge in [-0.15, -0.1) is 11.3 Å². The van der Waals surface area contributed by atoms with E-state index in [4.69, 9.17) is 10.5 Å². The van der Waals surface area contributed by atoms with Crippen LogP contribution in [0.15, 0.2) is 5.38 Å². The normalized spacial score (nSPS) is 10.1. The number of nitrogen functional groups attached to an aromatic ring is 1. The molecule has 0 aliphatic heterocycles. The Kier molecular flexibility index (Phi) is 4.34. The van der Waals surface area contributed by atoms with Gasteiger partial charge in [0.15, 0.2) is 5.13 Å². The van der Waals surface area contributed by atoms with Crippen molar-refractivity contribution >= 4 is 22.4 Å². The molecule has 0 fully saturated rings. The summed E-state index contributed by atoms with van der Waals surface area (Å²) in [6, 6.07) is 0. The maximum atomic E-state index is 11.3. The number of nitrogens with two attached hydrogens (primary N) is 1. The molecule has 0 aromatic carbocycles. The zero-order valence-electron chi connectivity index (χ0n) is 7.95. The summed E-state index contributed by atoms with van der Waals surface area (Å²) in [5.41, 5.74) is 5.76. The minimum atomic E-state index is -0.211. The first-order valence-corrected chi connectivity index (χ1v) is 5.19. The van der Waals surface area contributed by atoms with Gasteiger partial charge in [-0.05, 0) is 6.92 Å². The van der Waals surface area contributed by atoms with E-state index in [1.807, 2.05) is 6.92 Å². The topological polar surface area (TPSA) is 77.2 Å². The van der Waals surface area contributed by atoms with Gasteiger partial charge in [0.1, 0.15) is 5.69 Å². The molecule has 6 heteroatoms. The molecule has 0 bridgehead atoms. The molecule has 0 saturated heterocycles. The van der Waals surface area contributed by atoms with Crippen molar-refractivity contribution in [3.05, 3.63) is 11.1 Å². The van der Waals surface area contributed by atoms with Crippen molar-refractivity contribution < 1.29 is 9.53 Å². The lowest BCUT2D eigenvalue weighted by Crippen LogP contribution is -2.27. The van der Waals surface area contributed by atoms with Crippen molar-refractivity contribution in [2.24, 2.45) is 0 Å². The van der Waals surface area contributed by atoms with Gasteiger partial charge in [-0.2, -0.15) is 0 Å². The van der Waals surface area contributed by atoms with Crippen molar-refractivity contribution in [3.63, 3.8) is 0 Å². The Morgan fingerprint density at radius 2 is 2.57 bits per heavy atom. The van der Waals surface area contributed by atoms with Crippen LogP contribution >= 0.6 is 11.3 Å². The molecule has 1 aromatic rings. The lowest BCUT2D eigenvalue weighted by atomic mass is 10.4. The molecule has 1 heterocycles.